The number of amides is 4. The third kappa shape index (κ3) is 7.82. The Balaban J connectivity index is 0.964. The van der Waals surface area contributed by atoms with Crippen LogP contribution in [0.15, 0.2) is 48.7 Å². The Morgan fingerprint density at radius 1 is 0.825 bits per heavy atom. The highest BCUT2D eigenvalue weighted by Crippen LogP contribution is 2.44. The van der Waals surface area contributed by atoms with Gasteiger partial charge in [0.05, 0.1) is 55.8 Å². The molecule has 0 aliphatic carbocycles. The average molecular weight is 861 g/mol. The molecule has 9 rings (SSSR count). The predicted octanol–water partition coefficient (Wildman–Crippen LogP) is 7.30. The molecule has 5 aromatic rings. The molecule has 4 N–H and O–H groups in total. The number of hydrogen-bond acceptors (Lipinski definition) is 10. The molecule has 2 aromatic heterocycles. The Bertz CT molecular complexity index is 2560. The van der Waals surface area contributed by atoms with Gasteiger partial charge >= 0.3 is 12.2 Å². The van der Waals surface area contributed by atoms with Crippen LogP contribution in [0.3, 0.4) is 0 Å². The SMILES string of the molecule is COC(=O)N[C@H](C(=O)N1C(C)CC[C@H]1c1ncc(-c2ccc3c(c2)COc2cc4c(ccc5[nH]c([C@@H]6CC[C@H](C)N6C(=O)[C@@H](NC(=O)OC)[C@H]6CCCOC6)nc54)cc2-3)[nH]1)C(C)C. The summed E-state index contributed by atoms with van der Waals surface area (Å²) in [5, 5.41) is 7.51. The van der Waals surface area contributed by atoms with Crippen molar-refractivity contribution < 1.29 is 38.1 Å². The van der Waals surface area contributed by atoms with Gasteiger partial charge < -0.3 is 49.3 Å². The van der Waals surface area contributed by atoms with E-state index in [1.54, 1.807) is 0 Å². The fourth-order valence-corrected chi connectivity index (χ4v) is 10.1. The van der Waals surface area contributed by atoms with Crippen LogP contribution in [-0.4, -0.2) is 105 Å². The minimum Gasteiger partial charge on any atom is -0.488 e. The number of fused-ring (bicyclic) bond motifs is 6. The number of hydrogen-bond donors (Lipinski definition) is 4. The van der Waals surface area contributed by atoms with Crippen LogP contribution < -0.4 is 15.4 Å². The number of benzene rings is 3. The van der Waals surface area contributed by atoms with E-state index in [-0.39, 0.29) is 47.8 Å². The molecular weight excluding hydrogens is 805 g/mol. The van der Waals surface area contributed by atoms with Crippen LogP contribution in [0.5, 0.6) is 5.75 Å². The summed E-state index contributed by atoms with van der Waals surface area (Å²) in [6.07, 6.45) is 5.26. The van der Waals surface area contributed by atoms with Crippen molar-refractivity contribution in [2.45, 2.75) is 109 Å². The summed E-state index contributed by atoms with van der Waals surface area (Å²) in [6, 6.07) is 12.6. The molecule has 4 aliphatic heterocycles. The van der Waals surface area contributed by atoms with E-state index in [0.29, 0.717) is 31.5 Å². The number of aromatic nitrogens is 4. The number of alkyl carbamates (subject to hydrolysis) is 2. The van der Waals surface area contributed by atoms with Gasteiger partial charge in [-0.1, -0.05) is 32.0 Å². The first-order chi connectivity index (χ1) is 30.4. The first-order valence-corrected chi connectivity index (χ1v) is 22.1. The number of ether oxygens (including phenoxy) is 4. The number of H-pyrrole nitrogens is 2. The molecule has 6 heterocycles. The fourth-order valence-electron chi connectivity index (χ4n) is 10.1. The number of likely N-dealkylation sites (tertiary alicyclic amines) is 2. The number of aromatic amines is 2. The monoisotopic (exact) mass is 860 g/mol. The smallest absolute Gasteiger partial charge is 0.407 e. The molecule has 7 atom stereocenters. The Morgan fingerprint density at radius 2 is 1.56 bits per heavy atom. The molecule has 0 saturated carbocycles. The lowest BCUT2D eigenvalue weighted by Crippen LogP contribution is -2.55. The molecule has 0 spiro atoms. The Labute approximate surface area is 365 Å². The summed E-state index contributed by atoms with van der Waals surface area (Å²) in [5.74, 6) is 1.60. The summed E-state index contributed by atoms with van der Waals surface area (Å²) in [5.41, 5.74) is 6.57. The lowest BCUT2D eigenvalue weighted by atomic mass is 9.92. The highest BCUT2D eigenvalue weighted by Gasteiger charge is 2.44. The molecule has 16 nitrogen and oxygen atoms in total. The van der Waals surface area contributed by atoms with Gasteiger partial charge in [-0.05, 0) is 105 Å². The van der Waals surface area contributed by atoms with Crippen molar-refractivity contribution in [3.63, 3.8) is 0 Å². The molecule has 4 aliphatic rings. The maximum atomic E-state index is 14.4. The van der Waals surface area contributed by atoms with Crippen LogP contribution in [0, 0.1) is 11.8 Å². The molecule has 3 saturated heterocycles. The molecule has 3 fully saturated rings. The Hall–Kier alpha value is -6.16. The third-order valence-corrected chi connectivity index (χ3v) is 13.5. The molecular formula is C47H56N8O8. The van der Waals surface area contributed by atoms with Crippen LogP contribution >= 0.6 is 0 Å². The number of nitrogens with zero attached hydrogens (tertiary/aromatic N) is 4. The molecule has 4 amide bonds. The Morgan fingerprint density at radius 3 is 2.27 bits per heavy atom. The van der Waals surface area contributed by atoms with E-state index in [1.807, 2.05) is 49.8 Å². The van der Waals surface area contributed by atoms with E-state index >= 15 is 0 Å². The summed E-state index contributed by atoms with van der Waals surface area (Å²) in [7, 11) is 2.60. The van der Waals surface area contributed by atoms with Crippen molar-refractivity contribution in [1.29, 1.82) is 0 Å². The van der Waals surface area contributed by atoms with Gasteiger partial charge in [0.15, 0.2) is 0 Å². The minimum atomic E-state index is -0.767. The van der Waals surface area contributed by atoms with Crippen LogP contribution in [0.4, 0.5) is 9.59 Å². The first-order valence-electron chi connectivity index (χ1n) is 22.1. The number of carbonyl (C=O) groups is 4. The van der Waals surface area contributed by atoms with E-state index in [0.717, 1.165) is 94.0 Å². The second-order valence-electron chi connectivity index (χ2n) is 17.8. The van der Waals surface area contributed by atoms with Crippen LogP contribution in [0.2, 0.25) is 0 Å². The van der Waals surface area contributed by atoms with Crippen molar-refractivity contribution in [1.82, 2.24) is 40.4 Å². The van der Waals surface area contributed by atoms with Crippen molar-refractivity contribution in [3.05, 3.63) is 65.9 Å². The fraction of sp³-hybridized carbons (Fsp3) is 0.489. The molecule has 332 valence electrons. The average Bonchev–Trinajstić information content (AvgIpc) is 4.12. The third-order valence-electron chi connectivity index (χ3n) is 13.5. The predicted molar refractivity (Wildman–Crippen MR) is 235 cm³/mol. The van der Waals surface area contributed by atoms with E-state index in [2.05, 4.69) is 57.0 Å². The minimum absolute atomic E-state index is 0.0182. The van der Waals surface area contributed by atoms with Crippen LogP contribution in [0.25, 0.3) is 44.2 Å². The summed E-state index contributed by atoms with van der Waals surface area (Å²) in [6.45, 7) is 9.31. The quantitative estimate of drug-likeness (QED) is 0.117. The van der Waals surface area contributed by atoms with Crippen LogP contribution in [-0.2, 0) is 30.4 Å². The normalized spacial score (nSPS) is 22.9. The second-order valence-corrected chi connectivity index (χ2v) is 17.8. The lowest BCUT2D eigenvalue weighted by molar-refractivity contribution is -0.139. The first kappa shape index (κ1) is 42.2. The van der Waals surface area contributed by atoms with Gasteiger partial charge in [0.2, 0.25) is 11.8 Å². The zero-order valence-electron chi connectivity index (χ0n) is 36.7. The molecule has 3 aromatic carbocycles. The van der Waals surface area contributed by atoms with Crippen molar-refractivity contribution in [3.8, 4) is 28.1 Å². The van der Waals surface area contributed by atoms with Gasteiger partial charge in [0.1, 0.15) is 36.1 Å². The van der Waals surface area contributed by atoms with Gasteiger partial charge in [-0.2, -0.15) is 0 Å². The standard InChI is InChI=1S/C47H56N8O8/c1-24(2)39(52-46(58)60-5)44(56)54-25(3)9-15-36(54)42-48-21-35(50-42)28-11-13-31-30(18-28)23-63-38-20-32-27(19-33(31)38)12-14-34-41(32)51-43(49-34)37-16-10-26(4)55(37)45(57)40(53-47(59)61-6)29-8-7-17-62-22-29/h11-14,18-21,24-26,29,36-37,39-40H,7-10,15-17,22-23H2,1-6H3,(H,48,50)(H,49,51)(H,52,58)(H,53,59)/t25?,26-,29-,36-,37-,39-,40-/m0/s1. The Kier molecular flexibility index (Phi) is 11.5. The topological polar surface area (TPSA) is 193 Å². The van der Waals surface area contributed by atoms with E-state index in [9.17, 15) is 19.2 Å². The highest BCUT2D eigenvalue weighted by atomic mass is 16.5. The molecule has 1 unspecified atom stereocenters. The molecule has 63 heavy (non-hydrogen) atoms. The molecule has 0 radical (unpaired) electrons. The summed E-state index contributed by atoms with van der Waals surface area (Å²) < 4.78 is 21.9. The van der Waals surface area contributed by atoms with Crippen molar-refractivity contribution in [2.75, 3.05) is 27.4 Å². The van der Waals surface area contributed by atoms with Crippen molar-refractivity contribution in [2.24, 2.45) is 11.8 Å². The summed E-state index contributed by atoms with van der Waals surface area (Å²) in [4.78, 5) is 73.5. The van der Waals surface area contributed by atoms with Crippen molar-refractivity contribution >= 4 is 45.8 Å². The van der Waals surface area contributed by atoms with Gasteiger partial charge in [-0.25, -0.2) is 19.6 Å². The van der Waals surface area contributed by atoms with Gasteiger partial charge in [-0.3, -0.25) is 9.59 Å². The number of imidazole rings is 2. The van der Waals surface area contributed by atoms with E-state index < -0.39 is 24.3 Å². The number of methoxy groups -OCH3 is 2. The van der Waals surface area contributed by atoms with Gasteiger partial charge in [-0.15, -0.1) is 0 Å². The maximum Gasteiger partial charge on any atom is 0.407 e. The number of rotatable bonds is 9. The molecule has 0 bridgehead atoms. The van der Waals surface area contributed by atoms with Gasteiger partial charge in [0.25, 0.3) is 0 Å². The van der Waals surface area contributed by atoms with E-state index in [4.69, 9.17) is 28.9 Å². The lowest BCUT2D eigenvalue weighted by Gasteiger charge is -2.36. The number of carbonyl (C=O) groups excluding carboxylic acids is 4. The summed E-state index contributed by atoms with van der Waals surface area (Å²) >= 11 is 0. The highest BCUT2D eigenvalue weighted by molar-refractivity contribution is 6.07. The maximum absolute atomic E-state index is 14.4. The largest absolute Gasteiger partial charge is 0.488 e. The zero-order chi connectivity index (χ0) is 44.1. The number of nitrogens with one attached hydrogen (secondary N) is 4. The second kappa shape index (κ2) is 17.2. The zero-order valence-corrected chi connectivity index (χ0v) is 36.7. The molecule has 16 heteroatoms. The van der Waals surface area contributed by atoms with Gasteiger partial charge in [0, 0.05) is 35.6 Å². The van der Waals surface area contributed by atoms with E-state index in [1.165, 1.54) is 14.2 Å². The van der Waals surface area contributed by atoms with Crippen LogP contribution in [0.1, 0.15) is 95.5 Å².